The quantitative estimate of drug-likeness (QED) is 0.715. The molecule has 0 unspecified atom stereocenters. The van der Waals surface area contributed by atoms with Crippen LogP contribution in [0.1, 0.15) is 10.6 Å². The summed E-state index contributed by atoms with van der Waals surface area (Å²) >= 11 is 1.70. The zero-order valence-corrected chi connectivity index (χ0v) is 9.96. The maximum absolute atomic E-state index is 8.89. The minimum atomic E-state index is 0.204. The van der Waals surface area contributed by atoms with Crippen molar-refractivity contribution in [2.75, 3.05) is 26.2 Å². The van der Waals surface area contributed by atoms with Gasteiger partial charge in [-0.05, 0) is 13.3 Å². The second kappa shape index (κ2) is 6.71. The highest BCUT2D eigenvalue weighted by molar-refractivity contribution is 7.09. The van der Waals surface area contributed by atoms with Crippen LogP contribution in [-0.2, 0) is 6.42 Å². The number of aryl methyl sites for hydroxylation is 1. The van der Waals surface area contributed by atoms with Gasteiger partial charge in [-0.1, -0.05) is 6.08 Å². The van der Waals surface area contributed by atoms with Crippen LogP contribution in [0.4, 0.5) is 0 Å². The van der Waals surface area contributed by atoms with Crippen molar-refractivity contribution in [3.63, 3.8) is 0 Å². The Kier molecular flexibility index (Phi) is 5.53. The van der Waals surface area contributed by atoms with E-state index in [1.165, 1.54) is 4.88 Å². The molecule has 1 rings (SSSR count). The first-order valence-corrected chi connectivity index (χ1v) is 5.99. The van der Waals surface area contributed by atoms with Gasteiger partial charge in [0.2, 0.25) is 0 Å². The maximum atomic E-state index is 8.89. The zero-order chi connectivity index (χ0) is 11.1. The van der Waals surface area contributed by atoms with Crippen molar-refractivity contribution < 1.29 is 5.11 Å². The van der Waals surface area contributed by atoms with Crippen LogP contribution >= 0.6 is 11.3 Å². The summed E-state index contributed by atoms with van der Waals surface area (Å²) in [7, 11) is 0. The van der Waals surface area contributed by atoms with E-state index in [2.05, 4.69) is 16.5 Å². The summed E-state index contributed by atoms with van der Waals surface area (Å²) in [6, 6.07) is 0. The van der Waals surface area contributed by atoms with Gasteiger partial charge in [0.05, 0.1) is 17.8 Å². The summed E-state index contributed by atoms with van der Waals surface area (Å²) in [5.41, 5.74) is 3.01. The van der Waals surface area contributed by atoms with Crippen molar-refractivity contribution in [1.29, 1.82) is 0 Å². The molecule has 0 radical (unpaired) electrons. The molecule has 0 fully saturated rings. The molecule has 0 bridgehead atoms. The highest BCUT2D eigenvalue weighted by Crippen LogP contribution is 2.13. The van der Waals surface area contributed by atoms with E-state index < -0.39 is 0 Å². The summed E-state index contributed by atoms with van der Waals surface area (Å²) in [4.78, 5) is 7.74. The highest BCUT2D eigenvalue weighted by Gasteiger charge is 2.05. The molecule has 0 aliphatic carbocycles. The smallest absolute Gasteiger partial charge is 0.0797 e. The van der Waals surface area contributed by atoms with Crippen LogP contribution in [0, 0.1) is 6.92 Å². The van der Waals surface area contributed by atoms with Gasteiger partial charge < -0.3 is 5.11 Å². The first kappa shape index (κ1) is 12.4. The number of hydrogen-bond donors (Lipinski definition) is 1. The molecule has 1 aromatic heterocycles. The molecule has 1 aromatic rings. The lowest BCUT2D eigenvalue weighted by Gasteiger charge is -2.18. The Hall–Kier alpha value is -0.710. The predicted octanol–water partition coefficient (Wildman–Crippen LogP) is 1.47. The van der Waals surface area contributed by atoms with Crippen LogP contribution in [0.2, 0.25) is 0 Å². The predicted molar refractivity (Wildman–Crippen MR) is 64.3 cm³/mol. The zero-order valence-electron chi connectivity index (χ0n) is 9.15. The fraction of sp³-hybridized carbons (Fsp3) is 0.545. The molecule has 4 heteroatoms. The lowest BCUT2D eigenvalue weighted by molar-refractivity contribution is 0.210. The molecule has 1 heterocycles. The van der Waals surface area contributed by atoms with Crippen LogP contribution in [0.15, 0.2) is 18.2 Å². The van der Waals surface area contributed by atoms with Gasteiger partial charge in [0, 0.05) is 24.5 Å². The largest absolute Gasteiger partial charge is 0.395 e. The molecular formula is C11H18N2OS. The number of nitrogens with zero attached hydrogens (tertiary/aromatic N) is 2. The number of rotatable bonds is 7. The van der Waals surface area contributed by atoms with Gasteiger partial charge in [0.15, 0.2) is 0 Å². The number of hydrogen-bond acceptors (Lipinski definition) is 4. The fourth-order valence-electron chi connectivity index (χ4n) is 1.44. The third-order valence-electron chi connectivity index (χ3n) is 2.30. The molecule has 0 saturated heterocycles. The molecular weight excluding hydrogens is 208 g/mol. The van der Waals surface area contributed by atoms with Crippen LogP contribution in [0.25, 0.3) is 0 Å². The molecule has 0 aromatic carbocycles. The van der Waals surface area contributed by atoms with Crippen molar-refractivity contribution in [2.24, 2.45) is 0 Å². The van der Waals surface area contributed by atoms with Crippen LogP contribution in [-0.4, -0.2) is 41.2 Å². The third-order valence-corrected chi connectivity index (χ3v) is 3.30. The Morgan fingerprint density at radius 2 is 2.40 bits per heavy atom. The van der Waals surface area contributed by atoms with E-state index in [0.717, 1.165) is 25.2 Å². The molecule has 0 aliphatic rings. The van der Waals surface area contributed by atoms with Gasteiger partial charge in [0.25, 0.3) is 0 Å². The Labute approximate surface area is 95.1 Å². The third kappa shape index (κ3) is 4.11. The second-order valence-electron chi connectivity index (χ2n) is 3.42. The first-order valence-electron chi connectivity index (χ1n) is 5.11. The fourth-order valence-corrected chi connectivity index (χ4v) is 2.21. The standard InChI is InChI=1S/C11H18N2OS/c1-3-5-13(7-8-14)6-4-11-10(2)12-9-15-11/h3,9,14H,1,4-8H2,2H3. The van der Waals surface area contributed by atoms with Gasteiger partial charge in [-0.3, -0.25) is 4.90 Å². The van der Waals surface area contributed by atoms with Crippen LogP contribution in [0.3, 0.4) is 0 Å². The average molecular weight is 226 g/mol. The van der Waals surface area contributed by atoms with E-state index in [-0.39, 0.29) is 6.61 Å². The molecule has 1 N–H and O–H groups in total. The average Bonchev–Trinajstić information content (AvgIpc) is 2.61. The van der Waals surface area contributed by atoms with Crippen LogP contribution in [0.5, 0.6) is 0 Å². The first-order chi connectivity index (χ1) is 7.27. The molecule has 84 valence electrons. The van der Waals surface area contributed by atoms with Crippen molar-refractivity contribution >= 4 is 11.3 Å². The van der Waals surface area contributed by atoms with Gasteiger partial charge in [0.1, 0.15) is 0 Å². The maximum Gasteiger partial charge on any atom is 0.0797 e. The number of aliphatic hydroxyl groups is 1. The van der Waals surface area contributed by atoms with Gasteiger partial charge in [-0.25, -0.2) is 4.98 Å². The molecule has 15 heavy (non-hydrogen) atoms. The van der Waals surface area contributed by atoms with Gasteiger partial charge >= 0.3 is 0 Å². The summed E-state index contributed by atoms with van der Waals surface area (Å²) < 4.78 is 0. The number of aliphatic hydroxyl groups excluding tert-OH is 1. The minimum Gasteiger partial charge on any atom is -0.395 e. The minimum absolute atomic E-state index is 0.204. The Morgan fingerprint density at radius 3 is 2.93 bits per heavy atom. The molecule has 0 aliphatic heterocycles. The SMILES string of the molecule is C=CCN(CCO)CCc1scnc1C. The van der Waals surface area contributed by atoms with E-state index in [1.807, 2.05) is 18.5 Å². The van der Waals surface area contributed by atoms with Crippen molar-refractivity contribution in [3.05, 3.63) is 28.7 Å². The monoisotopic (exact) mass is 226 g/mol. The van der Waals surface area contributed by atoms with E-state index >= 15 is 0 Å². The Bertz CT molecular complexity index is 299. The number of aromatic nitrogens is 1. The summed E-state index contributed by atoms with van der Waals surface area (Å²) in [5.74, 6) is 0. The lowest BCUT2D eigenvalue weighted by atomic mass is 10.3. The topological polar surface area (TPSA) is 36.4 Å². The van der Waals surface area contributed by atoms with Gasteiger partial charge in [-0.2, -0.15) is 0 Å². The van der Waals surface area contributed by atoms with E-state index in [4.69, 9.17) is 5.11 Å². The van der Waals surface area contributed by atoms with E-state index in [9.17, 15) is 0 Å². The molecule has 0 atom stereocenters. The normalized spacial score (nSPS) is 10.9. The molecule has 0 spiro atoms. The molecule has 0 saturated carbocycles. The second-order valence-corrected chi connectivity index (χ2v) is 4.36. The molecule has 3 nitrogen and oxygen atoms in total. The van der Waals surface area contributed by atoms with Gasteiger partial charge in [-0.15, -0.1) is 17.9 Å². The van der Waals surface area contributed by atoms with Crippen molar-refractivity contribution in [3.8, 4) is 0 Å². The van der Waals surface area contributed by atoms with Crippen LogP contribution < -0.4 is 0 Å². The summed E-state index contributed by atoms with van der Waals surface area (Å²) in [5, 5.41) is 8.89. The van der Waals surface area contributed by atoms with E-state index in [1.54, 1.807) is 11.3 Å². The number of thiazole rings is 1. The highest BCUT2D eigenvalue weighted by atomic mass is 32.1. The Morgan fingerprint density at radius 1 is 1.60 bits per heavy atom. The summed E-state index contributed by atoms with van der Waals surface area (Å²) in [6.07, 6.45) is 2.87. The van der Waals surface area contributed by atoms with Crippen molar-refractivity contribution in [2.45, 2.75) is 13.3 Å². The van der Waals surface area contributed by atoms with Crippen molar-refractivity contribution in [1.82, 2.24) is 9.88 Å². The molecule has 0 amide bonds. The summed E-state index contributed by atoms with van der Waals surface area (Å²) in [6.45, 7) is 8.45. The van der Waals surface area contributed by atoms with E-state index in [0.29, 0.717) is 6.54 Å². The lowest BCUT2D eigenvalue weighted by Crippen LogP contribution is -2.29. The Balaban J connectivity index is 2.39.